The minimum Gasteiger partial charge on any atom is -0.462 e. The fourth-order valence-electron chi connectivity index (χ4n) is 2.58. The summed E-state index contributed by atoms with van der Waals surface area (Å²) in [6.45, 7) is 5.05. The van der Waals surface area contributed by atoms with Gasteiger partial charge in [0.05, 0.1) is 18.5 Å². The minimum atomic E-state index is -0.309. The number of hydrogen-bond acceptors (Lipinski definition) is 3. The third-order valence-electron chi connectivity index (χ3n) is 4.00. The predicted molar refractivity (Wildman–Crippen MR) is 101 cm³/mol. The van der Waals surface area contributed by atoms with Crippen molar-refractivity contribution in [1.82, 2.24) is 9.55 Å². The number of carbonyl (C=O) groups is 1. The van der Waals surface area contributed by atoms with Crippen molar-refractivity contribution in [3.8, 4) is 11.8 Å². The highest BCUT2D eigenvalue weighted by Crippen LogP contribution is 2.12. The smallest absolute Gasteiger partial charge is 0.338 e. The summed E-state index contributed by atoms with van der Waals surface area (Å²) in [5.74, 6) is 6.00. The van der Waals surface area contributed by atoms with Gasteiger partial charge in [-0.25, -0.2) is 9.78 Å². The molecule has 1 aromatic heterocycles. The average molecular weight is 344 g/mol. The van der Waals surface area contributed by atoms with Crippen LogP contribution < -0.4 is 0 Å². The van der Waals surface area contributed by atoms with Gasteiger partial charge in [0.1, 0.15) is 0 Å². The van der Waals surface area contributed by atoms with Crippen LogP contribution in [0.2, 0.25) is 0 Å². The second kappa shape index (κ2) is 8.17. The molecule has 0 amide bonds. The third-order valence-corrected chi connectivity index (χ3v) is 4.00. The topological polar surface area (TPSA) is 44.1 Å². The Hall–Kier alpha value is -3.32. The molecule has 0 N–H and O–H groups in total. The predicted octanol–water partition coefficient (Wildman–Crippen LogP) is 3.82. The van der Waals surface area contributed by atoms with Gasteiger partial charge in [-0.05, 0) is 61.4 Å². The van der Waals surface area contributed by atoms with Crippen LogP contribution >= 0.6 is 0 Å². The van der Waals surface area contributed by atoms with Crippen LogP contribution in [0, 0.1) is 18.8 Å². The molecule has 2 aromatic carbocycles. The standard InChI is InChI=1S/C22H20N2O2/c1-3-26-22(25)20-9-6-18(7-10-20)4-5-19-8-11-21(17(2)14-19)15-24-13-12-23-16-24/h6-14,16H,3,15H2,1-2H3. The fraction of sp³-hybridized carbons (Fsp3) is 0.182. The van der Waals surface area contributed by atoms with E-state index in [0.717, 1.165) is 17.7 Å². The van der Waals surface area contributed by atoms with E-state index in [-0.39, 0.29) is 5.97 Å². The number of hydrogen-bond donors (Lipinski definition) is 0. The molecular formula is C22H20N2O2. The number of aryl methyl sites for hydroxylation is 1. The number of rotatable bonds is 4. The average Bonchev–Trinajstić information content (AvgIpc) is 3.16. The summed E-state index contributed by atoms with van der Waals surface area (Å²) in [5, 5.41) is 0. The molecule has 4 heteroatoms. The Morgan fingerprint density at radius 2 is 1.85 bits per heavy atom. The first kappa shape index (κ1) is 17.5. The monoisotopic (exact) mass is 344 g/mol. The lowest BCUT2D eigenvalue weighted by Crippen LogP contribution is -2.04. The van der Waals surface area contributed by atoms with Gasteiger partial charge in [0.25, 0.3) is 0 Å². The van der Waals surface area contributed by atoms with Crippen LogP contribution in [-0.2, 0) is 11.3 Å². The molecule has 0 fully saturated rings. The molecule has 0 atom stereocenters. The number of carbonyl (C=O) groups excluding carboxylic acids is 1. The zero-order valence-electron chi connectivity index (χ0n) is 14.9. The number of nitrogens with zero attached hydrogens (tertiary/aromatic N) is 2. The summed E-state index contributed by atoms with van der Waals surface area (Å²) in [6.07, 6.45) is 5.54. The Balaban J connectivity index is 1.71. The van der Waals surface area contributed by atoms with Crippen LogP contribution in [0.25, 0.3) is 0 Å². The zero-order valence-corrected chi connectivity index (χ0v) is 14.9. The molecule has 0 aliphatic carbocycles. The number of benzene rings is 2. The lowest BCUT2D eigenvalue weighted by atomic mass is 10.0. The molecule has 0 spiro atoms. The Kier molecular flexibility index (Phi) is 5.50. The van der Waals surface area contributed by atoms with Crippen molar-refractivity contribution in [3.63, 3.8) is 0 Å². The first-order chi connectivity index (χ1) is 12.7. The SMILES string of the molecule is CCOC(=O)c1ccc(C#Cc2ccc(Cn3ccnc3)c(C)c2)cc1. The lowest BCUT2D eigenvalue weighted by molar-refractivity contribution is 0.0526. The van der Waals surface area contributed by atoms with Crippen LogP contribution in [-0.4, -0.2) is 22.1 Å². The lowest BCUT2D eigenvalue weighted by Gasteiger charge is -2.07. The molecule has 0 aliphatic rings. The van der Waals surface area contributed by atoms with Gasteiger partial charge in [-0.15, -0.1) is 0 Å². The van der Waals surface area contributed by atoms with Crippen molar-refractivity contribution in [2.45, 2.75) is 20.4 Å². The highest BCUT2D eigenvalue weighted by molar-refractivity contribution is 5.89. The molecule has 4 nitrogen and oxygen atoms in total. The maximum Gasteiger partial charge on any atom is 0.338 e. The van der Waals surface area contributed by atoms with E-state index in [2.05, 4.69) is 35.9 Å². The quantitative estimate of drug-likeness (QED) is 0.534. The molecule has 130 valence electrons. The van der Waals surface area contributed by atoms with Crippen molar-refractivity contribution >= 4 is 5.97 Å². The van der Waals surface area contributed by atoms with Gasteiger partial charge in [-0.1, -0.05) is 17.9 Å². The van der Waals surface area contributed by atoms with Crippen molar-refractivity contribution in [2.75, 3.05) is 6.61 Å². The Morgan fingerprint density at radius 3 is 2.50 bits per heavy atom. The molecule has 0 radical (unpaired) electrons. The van der Waals surface area contributed by atoms with Gasteiger partial charge in [-0.2, -0.15) is 0 Å². The molecule has 1 heterocycles. The normalized spacial score (nSPS) is 10.1. The van der Waals surface area contributed by atoms with E-state index in [9.17, 15) is 4.79 Å². The molecule has 0 unspecified atom stereocenters. The molecule has 0 saturated heterocycles. The molecule has 26 heavy (non-hydrogen) atoms. The molecule has 3 aromatic rings. The van der Waals surface area contributed by atoms with Crippen LogP contribution in [0.1, 0.15) is 39.5 Å². The molecule has 0 bridgehead atoms. The van der Waals surface area contributed by atoms with Gasteiger partial charge in [-0.3, -0.25) is 0 Å². The van der Waals surface area contributed by atoms with E-state index in [1.807, 2.05) is 35.3 Å². The van der Waals surface area contributed by atoms with Gasteiger partial charge in [0, 0.05) is 30.1 Å². The summed E-state index contributed by atoms with van der Waals surface area (Å²) < 4.78 is 7.02. The van der Waals surface area contributed by atoms with Crippen LogP contribution in [0.15, 0.2) is 61.2 Å². The van der Waals surface area contributed by atoms with E-state index >= 15 is 0 Å². The number of esters is 1. The first-order valence-corrected chi connectivity index (χ1v) is 8.50. The molecule has 0 aliphatic heterocycles. The summed E-state index contributed by atoms with van der Waals surface area (Å²) in [7, 11) is 0. The highest BCUT2D eigenvalue weighted by Gasteiger charge is 2.04. The van der Waals surface area contributed by atoms with Crippen LogP contribution in [0.4, 0.5) is 0 Å². The summed E-state index contributed by atoms with van der Waals surface area (Å²) in [4.78, 5) is 15.7. The second-order valence-corrected chi connectivity index (χ2v) is 5.92. The number of imidazole rings is 1. The first-order valence-electron chi connectivity index (χ1n) is 8.50. The van der Waals surface area contributed by atoms with Crippen LogP contribution in [0.5, 0.6) is 0 Å². The zero-order chi connectivity index (χ0) is 18.4. The number of ether oxygens (including phenoxy) is 1. The minimum absolute atomic E-state index is 0.309. The van der Waals surface area contributed by atoms with E-state index in [1.54, 1.807) is 25.3 Å². The summed E-state index contributed by atoms with van der Waals surface area (Å²) in [6, 6.07) is 13.4. The van der Waals surface area contributed by atoms with Gasteiger partial charge in [0.15, 0.2) is 0 Å². The Morgan fingerprint density at radius 1 is 1.12 bits per heavy atom. The van der Waals surface area contributed by atoms with Crippen molar-refractivity contribution in [1.29, 1.82) is 0 Å². The molecular weight excluding hydrogens is 324 g/mol. The Labute approximate surface area is 153 Å². The van der Waals surface area contributed by atoms with Crippen molar-refractivity contribution in [2.24, 2.45) is 0 Å². The number of aromatic nitrogens is 2. The summed E-state index contributed by atoms with van der Waals surface area (Å²) >= 11 is 0. The van der Waals surface area contributed by atoms with E-state index in [0.29, 0.717) is 12.2 Å². The molecule has 3 rings (SSSR count). The van der Waals surface area contributed by atoms with E-state index in [4.69, 9.17) is 4.74 Å². The van der Waals surface area contributed by atoms with E-state index in [1.165, 1.54) is 11.1 Å². The summed E-state index contributed by atoms with van der Waals surface area (Å²) in [5.41, 5.74) is 4.80. The second-order valence-electron chi connectivity index (χ2n) is 5.92. The van der Waals surface area contributed by atoms with Crippen molar-refractivity contribution in [3.05, 3.63) is 89.0 Å². The third kappa shape index (κ3) is 4.40. The van der Waals surface area contributed by atoms with Gasteiger partial charge in [0.2, 0.25) is 0 Å². The largest absolute Gasteiger partial charge is 0.462 e. The van der Waals surface area contributed by atoms with Gasteiger partial charge < -0.3 is 9.30 Å². The van der Waals surface area contributed by atoms with E-state index < -0.39 is 0 Å². The maximum absolute atomic E-state index is 11.7. The van der Waals surface area contributed by atoms with Gasteiger partial charge >= 0.3 is 5.97 Å². The van der Waals surface area contributed by atoms with Crippen LogP contribution in [0.3, 0.4) is 0 Å². The maximum atomic E-state index is 11.7. The van der Waals surface area contributed by atoms with Crippen molar-refractivity contribution < 1.29 is 9.53 Å². The molecule has 0 saturated carbocycles. The Bertz CT molecular complexity index is 946. The fourth-order valence-corrected chi connectivity index (χ4v) is 2.58. The highest BCUT2D eigenvalue weighted by atomic mass is 16.5.